The maximum absolute atomic E-state index is 13.5. The lowest BCUT2D eigenvalue weighted by Crippen LogP contribution is -2.19. The molecule has 0 saturated carbocycles. The molecule has 0 aliphatic heterocycles. The van der Waals surface area contributed by atoms with Crippen LogP contribution in [0.25, 0.3) is 0 Å². The van der Waals surface area contributed by atoms with E-state index in [1.165, 1.54) is 6.92 Å². The first-order valence-electron chi connectivity index (χ1n) is 6.55. The number of alkyl halides is 3. The van der Waals surface area contributed by atoms with Gasteiger partial charge in [0, 0.05) is 12.3 Å². The largest absolute Gasteiger partial charge is 0.477 e. The molecule has 2 rings (SSSR count). The van der Waals surface area contributed by atoms with Crippen molar-refractivity contribution in [2.24, 2.45) is 0 Å². The van der Waals surface area contributed by atoms with Crippen molar-refractivity contribution in [1.82, 2.24) is 9.97 Å². The molecule has 1 aromatic heterocycles. The number of benzene rings is 1. The zero-order valence-electron chi connectivity index (χ0n) is 12.1. The van der Waals surface area contributed by atoms with E-state index < -0.39 is 41.0 Å². The fraction of sp³-hybridized carbons (Fsp3) is 0.214. The van der Waals surface area contributed by atoms with Crippen LogP contribution in [0.2, 0.25) is 0 Å². The van der Waals surface area contributed by atoms with E-state index in [2.05, 4.69) is 15.3 Å². The molecule has 1 heterocycles. The Morgan fingerprint density at radius 1 is 1.29 bits per heavy atom. The Balaban J connectivity index is 2.34. The molecule has 0 atom stereocenters. The number of aromatic nitrogens is 2. The summed E-state index contributed by atoms with van der Waals surface area (Å²) in [4.78, 5) is 18.3. The first kappa shape index (κ1) is 17.6. The van der Waals surface area contributed by atoms with Gasteiger partial charge < -0.3 is 10.1 Å². The summed E-state index contributed by atoms with van der Waals surface area (Å²) in [6.07, 6.45) is -4.19. The second-order valence-electron chi connectivity index (χ2n) is 4.42. The zero-order chi connectivity index (χ0) is 17.9. The van der Waals surface area contributed by atoms with Gasteiger partial charge in [-0.25, -0.2) is 13.8 Å². The van der Waals surface area contributed by atoms with Gasteiger partial charge in [-0.2, -0.15) is 18.2 Å². The molecule has 128 valence electrons. The minimum absolute atomic E-state index is 0.0561. The fourth-order valence-corrected chi connectivity index (χ4v) is 1.69. The maximum atomic E-state index is 13.5. The van der Waals surface area contributed by atoms with E-state index in [-0.39, 0.29) is 12.3 Å². The zero-order valence-corrected chi connectivity index (χ0v) is 12.1. The van der Waals surface area contributed by atoms with Gasteiger partial charge in [-0.15, -0.1) is 0 Å². The summed E-state index contributed by atoms with van der Waals surface area (Å²) in [5.74, 6) is -4.97. The number of halogens is 5. The van der Waals surface area contributed by atoms with Crippen LogP contribution in [-0.2, 0) is 6.18 Å². The molecule has 0 unspecified atom stereocenters. The highest BCUT2D eigenvalue weighted by atomic mass is 19.4. The highest BCUT2D eigenvalue weighted by Crippen LogP contribution is 2.28. The van der Waals surface area contributed by atoms with Crippen molar-refractivity contribution in [1.29, 1.82) is 0 Å². The number of anilines is 1. The molecule has 1 aromatic carbocycles. The monoisotopic (exact) mass is 347 g/mol. The minimum Gasteiger partial charge on any atom is -0.477 e. The van der Waals surface area contributed by atoms with E-state index in [1.807, 2.05) is 0 Å². The third-order valence-corrected chi connectivity index (χ3v) is 2.71. The molecule has 1 N–H and O–H groups in total. The first-order valence-corrected chi connectivity index (χ1v) is 6.55. The number of amides is 1. The smallest absolute Gasteiger partial charge is 0.451 e. The van der Waals surface area contributed by atoms with E-state index in [1.54, 1.807) is 0 Å². The Kier molecular flexibility index (Phi) is 4.96. The number of hydrogen-bond acceptors (Lipinski definition) is 4. The predicted octanol–water partition coefficient (Wildman–Crippen LogP) is 3.42. The van der Waals surface area contributed by atoms with E-state index in [9.17, 15) is 26.7 Å². The Morgan fingerprint density at radius 3 is 2.58 bits per heavy atom. The molecule has 0 aliphatic carbocycles. The van der Waals surface area contributed by atoms with Crippen molar-refractivity contribution in [3.05, 3.63) is 47.4 Å². The van der Waals surface area contributed by atoms with Crippen molar-refractivity contribution in [3.63, 3.8) is 0 Å². The summed E-state index contributed by atoms with van der Waals surface area (Å²) in [6.45, 7) is 1.43. The molecule has 2 aromatic rings. The number of ether oxygens (including phenoxy) is 1. The highest BCUT2D eigenvalue weighted by molar-refractivity contribution is 6.05. The van der Waals surface area contributed by atoms with E-state index >= 15 is 0 Å². The van der Waals surface area contributed by atoms with Crippen molar-refractivity contribution in [3.8, 4) is 5.88 Å². The van der Waals surface area contributed by atoms with Crippen LogP contribution >= 0.6 is 0 Å². The van der Waals surface area contributed by atoms with Crippen LogP contribution < -0.4 is 10.1 Å². The van der Waals surface area contributed by atoms with E-state index in [0.717, 1.165) is 12.1 Å². The maximum Gasteiger partial charge on any atom is 0.451 e. The topological polar surface area (TPSA) is 64.1 Å². The molecule has 0 radical (unpaired) electrons. The molecule has 0 fully saturated rings. The Bertz CT molecular complexity index is 765. The summed E-state index contributed by atoms with van der Waals surface area (Å²) in [6, 6.07) is 2.42. The summed E-state index contributed by atoms with van der Waals surface area (Å²) in [7, 11) is 0. The fourth-order valence-electron chi connectivity index (χ4n) is 1.69. The molecule has 5 nitrogen and oxygen atoms in total. The number of carbonyl (C=O) groups excluding carboxylic acids is 1. The van der Waals surface area contributed by atoms with Gasteiger partial charge in [0.25, 0.3) is 5.91 Å². The third kappa shape index (κ3) is 3.94. The van der Waals surface area contributed by atoms with Crippen LogP contribution in [0, 0.1) is 11.6 Å². The summed E-state index contributed by atoms with van der Waals surface area (Å²) in [5, 5.41) is 2.09. The molecule has 0 aliphatic rings. The first-order chi connectivity index (χ1) is 11.2. The van der Waals surface area contributed by atoms with Crippen LogP contribution in [0.1, 0.15) is 23.1 Å². The quantitative estimate of drug-likeness (QED) is 0.861. The van der Waals surface area contributed by atoms with Crippen LogP contribution in [0.3, 0.4) is 0 Å². The SMILES string of the molecule is CCOc1nc(C(F)(F)F)ncc1C(=O)Nc1ccc(F)cc1F. The number of hydrogen-bond donors (Lipinski definition) is 1. The summed E-state index contributed by atoms with van der Waals surface area (Å²) >= 11 is 0. The molecule has 1 amide bonds. The normalized spacial score (nSPS) is 11.2. The Morgan fingerprint density at radius 2 is 2.00 bits per heavy atom. The number of nitrogens with zero attached hydrogens (tertiary/aromatic N) is 2. The molecular weight excluding hydrogens is 337 g/mol. The van der Waals surface area contributed by atoms with E-state index in [4.69, 9.17) is 4.74 Å². The number of rotatable bonds is 4. The Labute approximate surface area is 132 Å². The summed E-state index contributed by atoms with van der Waals surface area (Å²) in [5.41, 5.74) is -0.780. The predicted molar refractivity (Wildman–Crippen MR) is 72.5 cm³/mol. The minimum atomic E-state index is -4.82. The molecule has 10 heteroatoms. The second-order valence-corrected chi connectivity index (χ2v) is 4.42. The van der Waals surface area contributed by atoms with Gasteiger partial charge in [-0.05, 0) is 19.1 Å². The van der Waals surface area contributed by atoms with Gasteiger partial charge in [0.2, 0.25) is 11.7 Å². The molecule has 24 heavy (non-hydrogen) atoms. The van der Waals surface area contributed by atoms with Crippen molar-refractivity contribution >= 4 is 11.6 Å². The lowest BCUT2D eigenvalue weighted by Gasteiger charge is -2.12. The Hall–Kier alpha value is -2.78. The number of nitrogens with one attached hydrogen (secondary N) is 1. The lowest BCUT2D eigenvalue weighted by atomic mass is 10.2. The average molecular weight is 347 g/mol. The molecule has 0 bridgehead atoms. The van der Waals surface area contributed by atoms with Gasteiger partial charge >= 0.3 is 6.18 Å². The highest BCUT2D eigenvalue weighted by Gasteiger charge is 2.36. The number of carbonyl (C=O) groups is 1. The van der Waals surface area contributed by atoms with Crippen LogP contribution in [0.15, 0.2) is 24.4 Å². The molecule has 0 saturated heterocycles. The van der Waals surface area contributed by atoms with Crippen molar-refractivity contribution < 1.29 is 31.5 Å². The van der Waals surface area contributed by atoms with Gasteiger partial charge in [-0.1, -0.05) is 0 Å². The van der Waals surface area contributed by atoms with Crippen LogP contribution in [-0.4, -0.2) is 22.5 Å². The standard InChI is InChI=1S/C14H10F5N3O2/c1-2-24-12-8(6-20-13(22-12)14(17,18)19)11(23)21-10-4-3-7(15)5-9(10)16/h3-6H,2H2,1H3,(H,21,23). The van der Waals surface area contributed by atoms with E-state index in [0.29, 0.717) is 12.3 Å². The van der Waals surface area contributed by atoms with Crippen LogP contribution in [0.5, 0.6) is 5.88 Å². The summed E-state index contributed by atoms with van der Waals surface area (Å²) < 4.78 is 69.1. The average Bonchev–Trinajstić information content (AvgIpc) is 2.49. The third-order valence-electron chi connectivity index (χ3n) is 2.71. The lowest BCUT2D eigenvalue weighted by molar-refractivity contribution is -0.145. The molecular formula is C14H10F5N3O2. The van der Waals surface area contributed by atoms with Gasteiger partial charge in [0.1, 0.15) is 17.2 Å². The van der Waals surface area contributed by atoms with Crippen molar-refractivity contribution in [2.75, 3.05) is 11.9 Å². The second kappa shape index (κ2) is 6.77. The van der Waals surface area contributed by atoms with Crippen molar-refractivity contribution in [2.45, 2.75) is 13.1 Å². The van der Waals surface area contributed by atoms with Gasteiger partial charge in [0.15, 0.2) is 0 Å². The van der Waals surface area contributed by atoms with Crippen LogP contribution in [0.4, 0.5) is 27.6 Å². The van der Waals surface area contributed by atoms with Gasteiger partial charge in [0.05, 0.1) is 12.3 Å². The molecule has 0 spiro atoms. The van der Waals surface area contributed by atoms with Gasteiger partial charge in [-0.3, -0.25) is 4.79 Å².